The summed E-state index contributed by atoms with van der Waals surface area (Å²) in [5.41, 5.74) is -0.524. The maximum absolute atomic E-state index is 13.9. The van der Waals surface area contributed by atoms with Gasteiger partial charge < -0.3 is 18.6 Å². The van der Waals surface area contributed by atoms with Gasteiger partial charge in [0, 0.05) is 6.07 Å². The van der Waals surface area contributed by atoms with Gasteiger partial charge in [0.2, 0.25) is 11.2 Å². The van der Waals surface area contributed by atoms with Crippen LogP contribution in [0.4, 0.5) is 13.2 Å². The number of ether oxygens (including phenoxy) is 3. The molecule has 1 saturated carbocycles. The molecule has 1 aliphatic rings. The predicted octanol–water partition coefficient (Wildman–Crippen LogP) is 7.16. The highest BCUT2D eigenvalue weighted by Crippen LogP contribution is 2.39. The maximum atomic E-state index is 13.9. The minimum absolute atomic E-state index is 0.0656. The van der Waals surface area contributed by atoms with E-state index in [1.165, 1.54) is 24.3 Å². The summed E-state index contributed by atoms with van der Waals surface area (Å²) in [4.78, 5) is 25.1. The van der Waals surface area contributed by atoms with Crippen molar-refractivity contribution in [3.05, 3.63) is 64.0 Å². The average Bonchev–Trinajstić information content (AvgIpc) is 2.84. The summed E-state index contributed by atoms with van der Waals surface area (Å²) in [5, 5.41) is -0.119. The van der Waals surface area contributed by atoms with Crippen molar-refractivity contribution in [2.24, 2.45) is 0 Å². The molecule has 0 amide bonds. The summed E-state index contributed by atoms with van der Waals surface area (Å²) in [6, 6.07) is 10.3. The van der Waals surface area contributed by atoms with E-state index in [2.05, 4.69) is 0 Å². The molecule has 1 heterocycles. The highest BCUT2D eigenvalue weighted by Gasteiger charge is 2.40. The molecule has 3 aromatic rings. The van der Waals surface area contributed by atoms with Crippen molar-refractivity contribution in [2.45, 2.75) is 70.6 Å². The zero-order chi connectivity index (χ0) is 26.8. The van der Waals surface area contributed by atoms with Gasteiger partial charge in [0.25, 0.3) is 5.76 Å². The molecule has 2 aromatic carbocycles. The standard InChI is InChI=1S/C28H29F3O6/c1-27(2,3)17-9-11-19(12-10-17)36-25-24(33)21-14-13-20(15-22(21)37-26(25)28(29,30)31)34-16-23(32)35-18-7-5-4-6-8-18/h9-15,18H,4-8,16H2,1-3H3. The summed E-state index contributed by atoms with van der Waals surface area (Å²) in [6.45, 7) is 5.59. The Labute approximate surface area is 212 Å². The molecule has 0 bridgehead atoms. The summed E-state index contributed by atoms with van der Waals surface area (Å²) in [7, 11) is 0. The molecular weight excluding hydrogens is 489 g/mol. The zero-order valence-corrected chi connectivity index (χ0v) is 20.9. The second-order valence-electron chi connectivity index (χ2n) is 10.2. The number of esters is 1. The van der Waals surface area contributed by atoms with Crippen molar-refractivity contribution in [1.29, 1.82) is 0 Å². The molecular formula is C28H29F3O6. The Morgan fingerprint density at radius 2 is 1.62 bits per heavy atom. The monoisotopic (exact) mass is 518 g/mol. The number of fused-ring (bicyclic) bond motifs is 1. The fourth-order valence-electron chi connectivity index (χ4n) is 4.21. The van der Waals surface area contributed by atoms with Crippen LogP contribution in [-0.4, -0.2) is 18.7 Å². The first-order chi connectivity index (χ1) is 17.4. The van der Waals surface area contributed by atoms with E-state index in [1.54, 1.807) is 12.1 Å². The van der Waals surface area contributed by atoms with Crippen LogP contribution in [0.25, 0.3) is 11.0 Å². The largest absolute Gasteiger partial charge is 0.482 e. The third-order valence-electron chi connectivity index (χ3n) is 6.23. The molecule has 1 fully saturated rings. The Kier molecular flexibility index (Phi) is 7.52. The second-order valence-corrected chi connectivity index (χ2v) is 10.2. The lowest BCUT2D eigenvalue weighted by molar-refractivity contribution is -0.154. The van der Waals surface area contributed by atoms with E-state index in [4.69, 9.17) is 18.6 Å². The van der Waals surface area contributed by atoms with E-state index < -0.39 is 35.7 Å². The molecule has 0 atom stereocenters. The van der Waals surface area contributed by atoms with Gasteiger partial charge in [0.05, 0.1) is 5.39 Å². The van der Waals surface area contributed by atoms with Gasteiger partial charge >= 0.3 is 12.1 Å². The van der Waals surface area contributed by atoms with Gasteiger partial charge in [-0.2, -0.15) is 13.2 Å². The molecule has 0 saturated heterocycles. The minimum Gasteiger partial charge on any atom is -0.482 e. The Morgan fingerprint density at radius 3 is 2.24 bits per heavy atom. The zero-order valence-electron chi connectivity index (χ0n) is 20.9. The molecule has 1 aliphatic carbocycles. The number of benzene rings is 2. The number of alkyl halides is 3. The first kappa shape index (κ1) is 26.6. The van der Waals surface area contributed by atoms with E-state index in [0.717, 1.165) is 43.7 Å². The van der Waals surface area contributed by atoms with Crippen LogP contribution in [0.5, 0.6) is 17.2 Å². The first-order valence-electron chi connectivity index (χ1n) is 12.2. The molecule has 9 heteroatoms. The summed E-state index contributed by atoms with van der Waals surface area (Å²) >= 11 is 0. The van der Waals surface area contributed by atoms with Crippen molar-refractivity contribution in [2.75, 3.05) is 6.61 Å². The van der Waals surface area contributed by atoms with Gasteiger partial charge in [-0.1, -0.05) is 39.3 Å². The van der Waals surface area contributed by atoms with Crippen molar-refractivity contribution in [1.82, 2.24) is 0 Å². The van der Waals surface area contributed by atoms with Crippen LogP contribution in [0.15, 0.2) is 51.7 Å². The molecule has 4 rings (SSSR count). The molecule has 198 valence electrons. The van der Waals surface area contributed by atoms with Gasteiger partial charge in [-0.05, 0) is 60.9 Å². The first-order valence-corrected chi connectivity index (χ1v) is 12.2. The Morgan fingerprint density at radius 1 is 0.973 bits per heavy atom. The average molecular weight is 519 g/mol. The number of carbonyl (C=O) groups excluding carboxylic acids is 1. The lowest BCUT2D eigenvalue weighted by atomic mass is 9.87. The summed E-state index contributed by atoms with van der Waals surface area (Å²) < 4.78 is 62.8. The van der Waals surface area contributed by atoms with E-state index in [1.807, 2.05) is 20.8 Å². The predicted molar refractivity (Wildman–Crippen MR) is 131 cm³/mol. The van der Waals surface area contributed by atoms with Crippen LogP contribution in [0.3, 0.4) is 0 Å². The smallest absolute Gasteiger partial charge is 0.453 e. The van der Waals surface area contributed by atoms with Crippen molar-refractivity contribution >= 4 is 16.9 Å². The highest BCUT2D eigenvalue weighted by molar-refractivity contribution is 5.80. The normalized spacial score (nSPS) is 15.0. The van der Waals surface area contributed by atoms with E-state index in [-0.39, 0.29) is 34.0 Å². The lowest BCUT2D eigenvalue weighted by Gasteiger charge is -2.21. The SMILES string of the molecule is CC(C)(C)c1ccc(Oc2c(C(F)(F)F)oc3cc(OCC(=O)OC4CCCCC4)ccc3c2=O)cc1. The second kappa shape index (κ2) is 10.5. The number of hydrogen-bond donors (Lipinski definition) is 0. The van der Waals surface area contributed by atoms with E-state index >= 15 is 0 Å². The summed E-state index contributed by atoms with van der Waals surface area (Å²) in [6.07, 6.45) is -0.415. The molecule has 37 heavy (non-hydrogen) atoms. The molecule has 6 nitrogen and oxygen atoms in total. The van der Waals surface area contributed by atoms with Crippen LogP contribution >= 0.6 is 0 Å². The quantitative estimate of drug-likeness (QED) is 0.323. The van der Waals surface area contributed by atoms with Crippen molar-refractivity contribution < 1.29 is 36.6 Å². The third-order valence-corrected chi connectivity index (χ3v) is 6.23. The number of hydrogen-bond acceptors (Lipinski definition) is 6. The van der Waals surface area contributed by atoms with Gasteiger partial charge in [-0.15, -0.1) is 0 Å². The van der Waals surface area contributed by atoms with Gasteiger partial charge in [0.1, 0.15) is 23.2 Å². The van der Waals surface area contributed by atoms with Gasteiger partial charge in [0.15, 0.2) is 6.61 Å². The number of halogens is 3. The van der Waals surface area contributed by atoms with Gasteiger partial charge in [-0.25, -0.2) is 4.79 Å². The third kappa shape index (κ3) is 6.45. The molecule has 0 aliphatic heterocycles. The van der Waals surface area contributed by atoms with Crippen LogP contribution in [0, 0.1) is 0 Å². The Bertz CT molecular complexity index is 1310. The Balaban J connectivity index is 1.58. The van der Waals surface area contributed by atoms with Crippen molar-refractivity contribution in [3.8, 4) is 17.2 Å². The van der Waals surface area contributed by atoms with Crippen molar-refractivity contribution in [3.63, 3.8) is 0 Å². The lowest BCUT2D eigenvalue weighted by Crippen LogP contribution is -2.24. The van der Waals surface area contributed by atoms with Crippen LogP contribution in [0.1, 0.15) is 64.2 Å². The number of rotatable bonds is 6. The van der Waals surface area contributed by atoms with Crippen LogP contribution in [-0.2, 0) is 21.1 Å². The molecule has 1 aromatic heterocycles. The minimum atomic E-state index is -4.99. The van der Waals surface area contributed by atoms with Crippen LogP contribution < -0.4 is 14.9 Å². The Hall–Kier alpha value is -3.49. The van der Waals surface area contributed by atoms with E-state index in [0.29, 0.717) is 0 Å². The molecule has 0 spiro atoms. The molecule has 0 radical (unpaired) electrons. The fraction of sp³-hybridized carbons (Fsp3) is 0.429. The van der Waals surface area contributed by atoms with Crippen LogP contribution in [0.2, 0.25) is 0 Å². The maximum Gasteiger partial charge on any atom is 0.453 e. The number of carbonyl (C=O) groups is 1. The highest BCUT2D eigenvalue weighted by atomic mass is 19.4. The summed E-state index contributed by atoms with van der Waals surface area (Å²) in [5.74, 6) is -2.94. The fourth-order valence-corrected chi connectivity index (χ4v) is 4.21. The topological polar surface area (TPSA) is 75.0 Å². The van der Waals surface area contributed by atoms with E-state index in [9.17, 15) is 22.8 Å². The van der Waals surface area contributed by atoms with Gasteiger partial charge in [-0.3, -0.25) is 4.79 Å². The molecule has 0 N–H and O–H groups in total. The molecule has 0 unspecified atom stereocenters.